The lowest BCUT2D eigenvalue weighted by molar-refractivity contribution is 0.220. The average Bonchev–Trinajstić information content (AvgIpc) is 3.08. The third-order valence-corrected chi connectivity index (χ3v) is 4.25. The number of hydrogen-bond acceptors (Lipinski definition) is 5. The van der Waals surface area contributed by atoms with Crippen LogP contribution in [0.4, 0.5) is 0 Å². The van der Waals surface area contributed by atoms with Crippen molar-refractivity contribution < 1.29 is 9.84 Å². The second-order valence-electron chi connectivity index (χ2n) is 6.53. The van der Waals surface area contributed by atoms with Gasteiger partial charge in [-0.25, -0.2) is 0 Å². The Labute approximate surface area is 128 Å². The molecule has 3 rings (SSSR count). The SMILES string of the molecule is CC(C)(C)c1nnsc1C(O)c1cccc(OC2CC2)c1. The predicted molar refractivity (Wildman–Crippen MR) is 82.8 cm³/mol. The first kappa shape index (κ1) is 14.5. The topological polar surface area (TPSA) is 55.2 Å². The Balaban J connectivity index is 1.87. The van der Waals surface area contributed by atoms with Crippen molar-refractivity contribution in [2.75, 3.05) is 0 Å². The molecule has 2 aromatic rings. The van der Waals surface area contributed by atoms with E-state index in [-0.39, 0.29) is 5.41 Å². The monoisotopic (exact) mass is 304 g/mol. The van der Waals surface area contributed by atoms with Gasteiger partial charge in [0.25, 0.3) is 0 Å². The van der Waals surface area contributed by atoms with Gasteiger partial charge in [0.15, 0.2) is 0 Å². The third-order valence-electron chi connectivity index (χ3n) is 3.47. The Morgan fingerprint density at radius 1 is 1.33 bits per heavy atom. The van der Waals surface area contributed by atoms with E-state index in [0.717, 1.165) is 34.7 Å². The van der Waals surface area contributed by atoms with Crippen LogP contribution in [0.25, 0.3) is 0 Å². The highest BCUT2D eigenvalue weighted by molar-refractivity contribution is 7.05. The summed E-state index contributed by atoms with van der Waals surface area (Å²) in [6.45, 7) is 6.23. The van der Waals surface area contributed by atoms with Gasteiger partial charge in [0.05, 0.1) is 16.7 Å². The molecule has 1 aromatic carbocycles. The van der Waals surface area contributed by atoms with Crippen molar-refractivity contribution >= 4 is 11.5 Å². The molecule has 1 heterocycles. The number of benzene rings is 1. The summed E-state index contributed by atoms with van der Waals surface area (Å²) in [6, 6.07) is 7.68. The number of ether oxygens (including phenoxy) is 1. The van der Waals surface area contributed by atoms with Crippen LogP contribution in [0.5, 0.6) is 5.75 Å². The van der Waals surface area contributed by atoms with Gasteiger partial charge in [-0.1, -0.05) is 37.4 Å². The van der Waals surface area contributed by atoms with Gasteiger partial charge in [-0.05, 0) is 42.1 Å². The number of aliphatic hydroxyl groups is 1. The molecule has 4 nitrogen and oxygen atoms in total. The third kappa shape index (κ3) is 3.24. The number of nitrogens with zero attached hydrogens (tertiary/aromatic N) is 2. The molecule has 1 saturated carbocycles. The van der Waals surface area contributed by atoms with Gasteiger partial charge in [0.2, 0.25) is 0 Å². The molecular weight excluding hydrogens is 284 g/mol. The summed E-state index contributed by atoms with van der Waals surface area (Å²) in [5.41, 5.74) is 1.55. The van der Waals surface area contributed by atoms with E-state index < -0.39 is 6.10 Å². The summed E-state index contributed by atoms with van der Waals surface area (Å²) >= 11 is 1.26. The minimum Gasteiger partial charge on any atom is -0.490 e. The number of aromatic nitrogens is 2. The van der Waals surface area contributed by atoms with Crippen LogP contribution < -0.4 is 4.74 Å². The van der Waals surface area contributed by atoms with Crippen LogP contribution in [0.1, 0.15) is 55.9 Å². The van der Waals surface area contributed by atoms with E-state index in [9.17, 15) is 5.11 Å². The van der Waals surface area contributed by atoms with Crippen LogP contribution in [-0.4, -0.2) is 20.8 Å². The van der Waals surface area contributed by atoms with E-state index in [1.807, 2.05) is 24.3 Å². The van der Waals surface area contributed by atoms with Crippen molar-refractivity contribution in [2.24, 2.45) is 0 Å². The molecule has 1 aliphatic carbocycles. The molecule has 1 atom stereocenters. The summed E-state index contributed by atoms with van der Waals surface area (Å²) in [7, 11) is 0. The zero-order valence-electron chi connectivity index (χ0n) is 12.5. The van der Waals surface area contributed by atoms with E-state index in [1.54, 1.807) is 0 Å². The highest BCUT2D eigenvalue weighted by Crippen LogP contribution is 2.35. The standard InChI is InChI=1S/C16H20N2O2S/c1-16(2,3)15-14(21-18-17-15)13(19)10-5-4-6-12(9-10)20-11-7-8-11/h4-6,9,11,13,19H,7-8H2,1-3H3. The van der Waals surface area contributed by atoms with Gasteiger partial charge in [-0.15, -0.1) is 5.10 Å². The maximum absolute atomic E-state index is 10.7. The molecule has 0 bridgehead atoms. The highest BCUT2D eigenvalue weighted by atomic mass is 32.1. The molecule has 21 heavy (non-hydrogen) atoms. The van der Waals surface area contributed by atoms with E-state index in [1.165, 1.54) is 11.5 Å². The van der Waals surface area contributed by atoms with Gasteiger partial charge in [0.1, 0.15) is 11.9 Å². The summed E-state index contributed by atoms with van der Waals surface area (Å²) in [6.07, 6.45) is 1.90. The van der Waals surface area contributed by atoms with E-state index in [2.05, 4.69) is 30.4 Å². The fraction of sp³-hybridized carbons (Fsp3) is 0.500. The second kappa shape index (κ2) is 5.39. The van der Waals surface area contributed by atoms with Gasteiger partial charge in [0, 0.05) is 5.41 Å². The second-order valence-corrected chi connectivity index (χ2v) is 7.31. The first-order valence-electron chi connectivity index (χ1n) is 7.22. The smallest absolute Gasteiger partial charge is 0.120 e. The van der Waals surface area contributed by atoms with Gasteiger partial charge in [-0.3, -0.25) is 0 Å². The molecule has 1 aromatic heterocycles. The van der Waals surface area contributed by atoms with Crippen LogP contribution in [0.3, 0.4) is 0 Å². The number of hydrogen-bond donors (Lipinski definition) is 1. The molecular formula is C16H20N2O2S. The molecule has 5 heteroatoms. The quantitative estimate of drug-likeness (QED) is 0.940. The Morgan fingerprint density at radius 3 is 2.76 bits per heavy atom. The van der Waals surface area contributed by atoms with Crippen LogP contribution in [0, 0.1) is 0 Å². The lowest BCUT2D eigenvalue weighted by atomic mass is 9.89. The molecule has 1 fully saturated rings. The first-order valence-corrected chi connectivity index (χ1v) is 8.00. The summed E-state index contributed by atoms with van der Waals surface area (Å²) in [5.74, 6) is 0.823. The van der Waals surface area contributed by atoms with E-state index in [0.29, 0.717) is 6.10 Å². The minimum atomic E-state index is -0.707. The van der Waals surface area contributed by atoms with Crippen molar-refractivity contribution in [2.45, 2.75) is 51.2 Å². The van der Waals surface area contributed by atoms with Crippen molar-refractivity contribution in [3.63, 3.8) is 0 Å². The van der Waals surface area contributed by atoms with Crippen LogP contribution >= 0.6 is 11.5 Å². The highest BCUT2D eigenvalue weighted by Gasteiger charge is 2.28. The molecule has 0 radical (unpaired) electrons. The molecule has 1 N–H and O–H groups in total. The molecule has 0 saturated heterocycles. The maximum Gasteiger partial charge on any atom is 0.120 e. The number of aliphatic hydroxyl groups excluding tert-OH is 1. The average molecular weight is 304 g/mol. The molecule has 1 aliphatic rings. The van der Waals surface area contributed by atoms with Crippen molar-refractivity contribution in [1.82, 2.24) is 9.59 Å². The Bertz CT molecular complexity index is 629. The number of rotatable bonds is 4. The largest absolute Gasteiger partial charge is 0.490 e. The van der Waals surface area contributed by atoms with Gasteiger partial charge in [-0.2, -0.15) is 0 Å². The minimum absolute atomic E-state index is 0.133. The van der Waals surface area contributed by atoms with Gasteiger partial charge >= 0.3 is 0 Å². The Morgan fingerprint density at radius 2 is 2.10 bits per heavy atom. The maximum atomic E-state index is 10.7. The van der Waals surface area contributed by atoms with Crippen LogP contribution in [0.15, 0.2) is 24.3 Å². The van der Waals surface area contributed by atoms with Gasteiger partial charge < -0.3 is 9.84 Å². The van der Waals surface area contributed by atoms with Crippen molar-refractivity contribution in [3.05, 3.63) is 40.4 Å². The zero-order valence-corrected chi connectivity index (χ0v) is 13.4. The summed E-state index contributed by atoms with van der Waals surface area (Å²) in [4.78, 5) is 0.811. The Hall–Kier alpha value is -1.46. The van der Waals surface area contributed by atoms with E-state index in [4.69, 9.17) is 4.74 Å². The molecule has 0 amide bonds. The fourth-order valence-corrected chi connectivity index (χ4v) is 3.06. The molecule has 0 aliphatic heterocycles. The molecule has 112 valence electrons. The van der Waals surface area contributed by atoms with Crippen LogP contribution in [0.2, 0.25) is 0 Å². The predicted octanol–water partition coefficient (Wildman–Crippen LogP) is 3.46. The van der Waals surface area contributed by atoms with Crippen molar-refractivity contribution in [1.29, 1.82) is 0 Å². The lowest BCUT2D eigenvalue weighted by Crippen LogP contribution is -2.16. The molecule has 0 spiro atoms. The normalized spacial score (nSPS) is 16.8. The lowest BCUT2D eigenvalue weighted by Gasteiger charge is -2.19. The summed E-state index contributed by atoms with van der Waals surface area (Å²) < 4.78 is 9.81. The fourth-order valence-electron chi connectivity index (χ4n) is 2.18. The van der Waals surface area contributed by atoms with Crippen LogP contribution in [-0.2, 0) is 5.41 Å². The van der Waals surface area contributed by atoms with E-state index >= 15 is 0 Å². The van der Waals surface area contributed by atoms with Crippen molar-refractivity contribution in [3.8, 4) is 5.75 Å². The summed E-state index contributed by atoms with van der Waals surface area (Å²) in [5, 5.41) is 14.9. The molecule has 1 unspecified atom stereocenters. The Kier molecular flexibility index (Phi) is 3.71. The zero-order chi connectivity index (χ0) is 15.0. The first-order chi connectivity index (χ1) is 9.95.